The van der Waals surface area contributed by atoms with Crippen LogP contribution in [0.15, 0.2) is 12.2 Å². The van der Waals surface area contributed by atoms with E-state index in [-0.39, 0.29) is 0 Å². The molecule has 5 atom stereocenters. The Hall–Kier alpha value is 0.0400. The lowest BCUT2D eigenvalue weighted by Crippen LogP contribution is -2.13. The fraction of sp³-hybridized carbons (Fsp3) is 0.903. The van der Waals surface area contributed by atoms with Crippen molar-refractivity contribution in [3.8, 4) is 0 Å². The van der Waals surface area contributed by atoms with Gasteiger partial charge in [-0.15, -0.1) is 8.58 Å². The van der Waals surface area contributed by atoms with Gasteiger partial charge in [0.05, 0.1) is 12.0 Å². The maximum atomic E-state index is 2.59. The fourth-order valence-electron chi connectivity index (χ4n) is 5.06. The smallest absolute Gasteiger partial charge is 0.0921 e. The van der Waals surface area contributed by atoms with Crippen LogP contribution in [-0.4, -0.2) is 11.8 Å². The zero-order valence-electron chi connectivity index (χ0n) is 23.5. The normalized spacial score (nSPS) is 16.1. The second-order valence-electron chi connectivity index (χ2n) is 10.7. The standard InChI is InChI=1S/C31H62P/c1-8-13-16-17-19-28(7)31(12-5)32-25-18-22-30(21-15-10-3)24-23-27(6)26-29(11-4)20-14-9-2/h23-24,28-32H,8-22,25-26H2,1-7H3/q+1. The highest BCUT2D eigenvalue weighted by Gasteiger charge is 2.17. The molecule has 0 aliphatic rings. The van der Waals surface area contributed by atoms with Crippen LogP contribution >= 0.6 is 8.58 Å². The summed E-state index contributed by atoms with van der Waals surface area (Å²) in [6.45, 7) is 16.7. The number of hydrogen-bond donors (Lipinski definition) is 0. The summed E-state index contributed by atoms with van der Waals surface area (Å²) in [6, 6.07) is 0. The van der Waals surface area contributed by atoms with Crippen molar-refractivity contribution >= 4 is 8.58 Å². The lowest BCUT2D eigenvalue weighted by molar-refractivity contribution is 0.435. The molecular weight excluding hydrogens is 403 g/mol. The third-order valence-electron chi connectivity index (χ3n) is 7.53. The predicted molar refractivity (Wildman–Crippen MR) is 153 cm³/mol. The molecule has 0 aliphatic heterocycles. The molecule has 5 unspecified atom stereocenters. The summed E-state index contributed by atoms with van der Waals surface area (Å²) in [4.78, 5) is 0. The summed E-state index contributed by atoms with van der Waals surface area (Å²) in [5.41, 5.74) is 0.978. The molecule has 0 aromatic rings. The number of allylic oxidation sites excluding steroid dienone is 2. The second kappa shape index (κ2) is 22.8. The molecule has 0 nitrogen and oxygen atoms in total. The van der Waals surface area contributed by atoms with Crippen LogP contribution in [0.2, 0.25) is 0 Å². The van der Waals surface area contributed by atoms with Crippen LogP contribution in [0.25, 0.3) is 0 Å². The number of unbranched alkanes of at least 4 members (excludes halogenated alkanes) is 5. The molecule has 0 heterocycles. The molecular formula is C31H62P+. The van der Waals surface area contributed by atoms with E-state index in [1.54, 1.807) is 5.92 Å². The van der Waals surface area contributed by atoms with E-state index in [2.05, 4.69) is 60.6 Å². The van der Waals surface area contributed by atoms with E-state index in [0.29, 0.717) is 0 Å². The highest BCUT2D eigenvalue weighted by Crippen LogP contribution is 2.33. The van der Waals surface area contributed by atoms with Gasteiger partial charge in [-0.3, -0.25) is 0 Å². The molecule has 0 fully saturated rings. The molecule has 0 bridgehead atoms. The van der Waals surface area contributed by atoms with Gasteiger partial charge in [0.15, 0.2) is 0 Å². The first kappa shape index (κ1) is 32.0. The molecule has 0 spiro atoms. The topological polar surface area (TPSA) is 0 Å². The average Bonchev–Trinajstić information content (AvgIpc) is 2.80. The van der Waals surface area contributed by atoms with Gasteiger partial charge in [0, 0.05) is 25.3 Å². The van der Waals surface area contributed by atoms with Crippen LogP contribution in [0.3, 0.4) is 0 Å². The summed E-state index contributed by atoms with van der Waals surface area (Å²) in [7, 11) is 1.18. The van der Waals surface area contributed by atoms with Gasteiger partial charge in [0.1, 0.15) is 0 Å². The van der Waals surface area contributed by atoms with Crippen molar-refractivity contribution in [2.45, 2.75) is 157 Å². The van der Waals surface area contributed by atoms with Crippen molar-refractivity contribution in [1.29, 1.82) is 0 Å². The Bertz CT molecular complexity index is 401. The van der Waals surface area contributed by atoms with Crippen molar-refractivity contribution in [2.24, 2.45) is 17.8 Å². The first-order valence-electron chi connectivity index (χ1n) is 14.8. The van der Waals surface area contributed by atoms with Gasteiger partial charge in [-0.2, -0.15) is 0 Å². The largest absolute Gasteiger partial charge is 0.119 e. The summed E-state index contributed by atoms with van der Waals surface area (Å²) >= 11 is 0. The molecule has 0 rings (SSSR count). The Morgan fingerprint density at radius 3 is 2.00 bits per heavy atom. The van der Waals surface area contributed by atoms with E-state index in [4.69, 9.17) is 0 Å². The minimum atomic E-state index is 0.803. The monoisotopic (exact) mass is 465 g/mol. The van der Waals surface area contributed by atoms with Gasteiger partial charge >= 0.3 is 0 Å². The molecule has 0 N–H and O–H groups in total. The quantitative estimate of drug-likeness (QED) is 0.0799. The van der Waals surface area contributed by atoms with Crippen molar-refractivity contribution in [3.05, 3.63) is 18.1 Å². The summed E-state index contributed by atoms with van der Waals surface area (Å²) in [6.07, 6.45) is 28.8. The Kier molecular flexibility index (Phi) is 22.8. The zero-order chi connectivity index (χ0) is 24.0. The van der Waals surface area contributed by atoms with E-state index in [1.807, 2.05) is 0 Å². The van der Waals surface area contributed by atoms with E-state index in [1.165, 1.54) is 117 Å². The van der Waals surface area contributed by atoms with Crippen LogP contribution in [0.1, 0.15) is 151 Å². The minimum absolute atomic E-state index is 0.803. The second-order valence-corrected chi connectivity index (χ2v) is 12.3. The number of hydrogen-bond acceptors (Lipinski definition) is 0. The molecule has 0 saturated heterocycles. The maximum Gasteiger partial charge on any atom is 0.0921 e. The van der Waals surface area contributed by atoms with Crippen LogP contribution in [0, 0.1) is 23.7 Å². The van der Waals surface area contributed by atoms with Crippen molar-refractivity contribution in [3.63, 3.8) is 0 Å². The highest BCUT2D eigenvalue weighted by atomic mass is 31.1. The zero-order valence-corrected chi connectivity index (χ0v) is 24.5. The summed E-state index contributed by atoms with van der Waals surface area (Å²) in [5.74, 6) is 4.24. The molecule has 0 amide bonds. The van der Waals surface area contributed by atoms with Gasteiger partial charge in [0.25, 0.3) is 0 Å². The minimum Gasteiger partial charge on any atom is -0.119 e. The van der Waals surface area contributed by atoms with Crippen LogP contribution in [0.5, 0.6) is 0 Å². The van der Waals surface area contributed by atoms with Gasteiger partial charge < -0.3 is 0 Å². The first-order valence-corrected chi connectivity index (χ1v) is 16.0. The van der Waals surface area contributed by atoms with Crippen molar-refractivity contribution < 1.29 is 0 Å². The molecule has 1 heteroatoms. The lowest BCUT2D eigenvalue weighted by atomic mass is 9.88. The highest BCUT2D eigenvalue weighted by molar-refractivity contribution is 7.38. The SMILES string of the molecule is CCCCCCC(C)C(CC)PCCCC(C=C[C+](C)CC(CC)CCCC)CCCC. The van der Waals surface area contributed by atoms with Crippen molar-refractivity contribution in [1.82, 2.24) is 0 Å². The fourth-order valence-corrected chi connectivity index (χ4v) is 6.70. The lowest BCUT2D eigenvalue weighted by Gasteiger charge is -2.23. The molecule has 0 aromatic carbocycles. The third-order valence-corrected chi connectivity index (χ3v) is 9.68. The molecule has 0 radical (unpaired) electrons. The molecule has 0 aliphatic carbocycles. The Labute approximate surface area is 207 Å². The number of rotatable bonds is 23. The molecule has 0 aromatic heterocycles. The van der Waals surface area contributed by atoms with E-state index < -0.39 is 0 Å². The molecule has 0 saturated carbocycles. The molecule has 190 valence electrons. The van der Waals surface area contributed by atoms with Gasteiger partial charge in [-0.1, -0.05) is 106 Å². The van der Waals surface area contributed by atoms with Crippen molar-refractivity contribution in [2.75, 3.05) is 6.16 Å². The Morgan fingerprint density at radius 2 is 1.38 bits per heavy atom. The first-order chi connectivity index (χ1) is 15.5. The summed E-state index contributed by atoms with van der Waals surface area (Å²) < 4.78 is 0. The third kappa shape index (κ3) is 17.5. The average molecular weight is 466 g/mol. The van der Waals surface area contributed by atoms with E-state index in [0.717, 1.165) is 23.4 Å². The van der Waals surface area contributed by atoms with Crippen LogP contribution in [0.4, 0.5) is 0 Å². The van der Waals surface area contributed by atoms with Gasteiger partial charge in [-0.05, 0) is 55.8 Å². The molecule has 32 heavy (non-hydrogen) atoms. The Balaban J connectivity index is 4.41. The van der Waals surface area contributed by atoms with Gasteiger partial charge in [-0.25, -0.2) is 0 Å². The van der Waals surface area contributed by atoms with Gasteiger partial charge in [0.2, 0.25) is 0 Å². The maximum absolute atomic E-state index is 2.59. The van der Waals surface area contributed by atoms with E-state index >= 15 is 0 Å². The van der Waals surface area contributed by atoms with Crippen LogP contribution in [-0.2, 0) is 0 Å². The summed E-state index contributed by atoms with van der Waals surface area (Å²) in [5, 5.41) is 0. The van der Waals surface area contributed by atoms with E-state index in [9.17, 15) is 0 Å². The Morgan fingerprint density at radius 1 is 0.719 bits per heavy atom. The predicted octanol–water partition coefficient (Wildman–Crippen LogP) is 11.4. The van der Waals surface area contributed by atoms with Crippen LogP contribution < -0.4 is 0 Å².